The summed E-state index contributed by atoms with van der Waals surface area (Å²) < 4.78 is 6.13. The zero-order valence-corrected chi connectivity index (χ0v) is 12.0. The Hall–Kier alpha value is -0.840. The second-order valence-electron chi connectivity index (χ2n) is 3.74. The van der Waals surface area contributed by atoms with Crippen molar-refractivity contribution in [2.75, 3.05) is 7.11 Å². The summed E-state index contributed by atoms with van der Waals surface area (Å²) >= 11 is 5.07. The molecular weight excluding hydrogens is 300 g/mol. The lowest BCUT2D eigenvalue weighted by Gasteiger charge is -2.11. The molecule has 1 aromatic heterocycles. The van der Waals surface area contributed by atoms with E-state index in [1.807, 2.05) is 37.3 Å². The van der Waals surface area contributed by atoms with Crippen molar-refractivity contribution < 1.29 is 9.84 Å². The summed E-state index contributed by atoms with van der Waals surface area (Å²) in [6.07, 6.45) is -0.580. The van der Waals surface area contributed by atoms with Gasteiger partial charge in [-0.1, -0.05) is 12.1 Å². The lowest BCUT2D eigenvalue weighted by molar-refractivity contribution is 0.220. The second-order valence-corrected chi connectivity index (χ2v) is 6.37. The van der Waals surface area contributed by atoms with Gasteiger partial charge in [0, 0.05) is 4.88 Å². The molecule has 1 N–H and O–H groups in total. The van der Waals surface area contributed by atoms with Crippen molar-refractivity contribution in [3.05, 3.63) is 50.1 Å². The zero-order valence-electron chi connectivity index (χ0n) is 9.61. The Morgan fingerprint density at radius 3 is 2.41 bits per heavy atom. The second kappa shape index (κ2) is 5.21. The number of thiophene rings is 1. The topological polar surface area (TPSA) is 29.5 Å². The Kier molecular flexibility index (Phi) is 3.86. The van der Waals surface area contributed by atoms with Gasteiger partial charge in [0.2, 0.25) is 0 Å². The fourth-order valence-electron chi connectivity index (χ4n) is 1.70. The van der Waals surface area contributed by atoms with E-state index >= 15 is 0 Å². The summed E-state index contributed by atoms with van der Waals surface area (Å²) in [6, 6.07) is 9.45. The van der Waals surface area contributed by atoms with Crippen LogP contribution in [-0.2, 0) is 0 Å². The molecule has 2 aromatic rings. The fraction of sp³-hybridized carbons (Fsp3) is 0.231. The number of rotatable bonds is 3. The maximum absolute atomic E-state index is 10.3. The van der Waals surface area contributed by atoms with Gasteiger partial charge in [0.05, 0.1) is 10.9 Å². The van der Waals surface area contributed by atoms with E-state index in [2.05, 4.69) is 15.9 Å². The quantitative estimate of drug-likeness (QED) is 0.931. The van der Waals surface area contributed by atoms with Crippen molar-refractivity contribution >= 4 is 27.3 Å². The van der Waals surface area contributed by atoms with Crippen LogP contribution in [0.1, 0.15) is 22.1 Å². The molecule has 2 rings (SSSR count). The van der Waals surface area contributed by atoms with Crippen LogP contribution >= 0.6 is 27.3 Å². The van der Waals surface area contributed by atoms with E-state index in [9.17, 15) is 5.11 Å². The maximum atomic E-state index is 10.3. The highest BCUT2D eigenvalue weighted by molar-refractivity contribution is 9.11. The van der Waals surface area contributed by atoms with Gasteiger partial charge in [0.1, 0.15) is 11.9 Å². The molecule has 0 saturated heterocycles. The van der Waals surface area contributed by atoms with Crippen LogP contribution in [0.3, 0.4) is 0 Å². The van der Waals surface area contributed by atoms with E-state index < -0.39 is 6.10 Å². The first-order valence-electron chi connectivity index (χ1n) is 5.19. The van der Waals surface area contributed by atoms with Gasteiger partial charge in [-0.25, -0.2) is 0 Å². The average molecular weight is 313 g/mol. The molecule has 0 radical (unpaired) electrons. The average Bonchev–Trinajstić information content (AvgIpc) is 2.68. The van der Waals surface area contributed by atoms with Gasteiger partial charge in [0.25, 0.3) is 0 Å². The van der Waals surface area contributed by atoms with Crippen LogP contribution in [0.15, 0.2) is 34.1 Å². The normalized spacial score (nSPS) is 12.5. The lowest BCUT2D eigenvalue weighted by Crippen LogP contribution is -1.99. The SMILES string of the molecule is COc1ccc(C(O)c2cc(Br)sc2C)cc1. The van der Waals surface area contributed by atoms with Crippen LogP contribution in [-0.4, -0.2) is 12.2 Å². The van der Waals surface area contributed by atoms with Crippen LogP contribution < -0.4 is 4.74 Å². The Morgan fingerprint density at radius 1 is 1.29 bits per heavy atom. The zero-order chi connectivity index (χ0) is 12.4. The van der Waals surface area contributed by atoms with E-state index in [0.717, 1.165) is 25.5 Å². The Labute approximate surface area is 113 Å². The van der Waals surface area contributed by atoms with E-state index in [1.54, 1.807) is 18.4 Å². The number of benzene rings is 1. The van der Waals surface area contributed by atoms with E-state index in [-0.39, 0.29) is 0 Å². The number of aliphatic hydroxyl groups is 1. The summed E-state index contributed by atoms with van der Waals surface area (Å²) in [5, 5.41) is 10.3. The van der Waals surface area contributed by atoms with E-state index in [1.165, 1.54) is 0 Å². The van der Waals surface area contributed by atoms with E-state index in [4.69, 9.17) is 4.74 Å². The van der Waals surface area contributed by atoms with Crippen molar-refractivity contribution in [2.24, 2.45) is 0 Å². The van der Waals surface area contributed by atoms with Crippen LogP contribution in [0.5, 0.6) is 5.75 Å². The van der Waals surface area contributed by atoms with Crippen molar-refractivity contribution in [1.29, 1.82) is 0 Å². The first-order valence-corrected chi connectivity index (χ1v) is 6.80. The van der Waals surface area contributed by atoms with Gasteiger partial charge in [-0.15, -0.1) is 11.3 Å². The van der Waals surface area contributed by atoms with E-state index in [0.29, 0.717) is 0 Å². The van der Waals surface area contributed by atoms with Crippen molar-refractivity contribution in [3.63, 3.8) is 0 Å². The number of methoxy groups -OCH3 is 1. The highest BCUT2D eigenvalue weighted by Crippen LogP contribution is 2.33. The molecule has 0 aliphatic carbocycles. The predicted octanol–water partition coefficient (Wildman–Crippen LogP) is 3.91. The standard InChI is InChI=1S/C13H13BrO2S/c1-8-11(7-12(14)17-8)13(15)9-3-5-10(16-2)6-4-9/h3-7,13,15H,1-2H3. The van der Waals surface area contributed by atoms with Gasteiger partial charge in [-0.05, 0) is 52.2 Å². The lowest BCUT2D eigenvalue weighted by atomic mass is 10.0. The van der Waals surface area contributed by atoms with Crippen LogP contribution in [0.25, 0.3) is 0 Å². The molecule has 0 amide bonds. The van der Waals surface area contributed by atoms with Crippen molar-refractivity contribution in [1.82, 2.24) is 0 Å². The Balaban J connectivity index is 2.30. The molecule has 1 aromatic carbocycles. The molecule has 0 aliphatic heterocycles. The molecule has 0 fully saturated rings. The van der Waals surface area contributed by atoms with Gasteiger partial charge in [0.15, 0.2) is 0 Å². The first-order chi connectivity index (χ1) is 8.11. The van der Waals surface area contributed by atoms with Gasteiger partial charge in [-0.2, -0.15) is 0 Å². The highest BCUT2D eigenvalue weighted by atomic mass is 79.9. The minimum absolute atomic E-state index is 0.580. The molecule has 17 heavy (non-hydrogen) atoms. The number of ether oxygens (including phenoxy) is 1. The summed E-state index contributed by atoms with van der Waals surface area (Å²) in [7, 11) is 1.63. The van der Waals surface area contributed by atoms with Crippen molar-refractivity contribution in [2.45, 2.75) is 13.0 Å². The third-order valence-electron chi connectivity index (χ3n) is 2.65. The smallest absolute Gasteiger partial charge is 0.118 e. The number of hydrogen-bond donors (Lipinski definition) is 1. The molecule has 0 spiro atoms. The van der Waals surface area contributed by atoms with Gasteiger partial charge < -0.3 is 9.84 Å². The predicted molar refractivity (Wildman–Crippen MR) is 73.8 cm³/mol. The summed E-state index contributed by atoms with van der Waals surface area (Å²) in [4.78, 5) is 1.13. The summed E-state index contributed by atoms with van der Waals surface area (Å²) in [6.45, 7) is 2.01. The monoisotopic (exact) mass is 312 g/mol. The minimum atomic E-state index is -0.580. The molecular formula is C13H13BrO2S. The molecule has 2 nitrogen and oxygen atoms in total. The Morgan fingerprint density at radius 2 is 1.94 bits per heavy atom. The molecule has 1 atom stereocenters. The number of halogens is 1. The molecule has 0 saturated carbocycles. The van der Waals surface area contributed by atoms with Crippen LogP contribution in [0, 0.1) is 6.92 Å². The molecule has 0 aliphatic rings. The third-order valence-corrected chi connectivity index (χ3v) is 4.22. The van der Waals surface area contributed by atoms with Gasteiger partial charge in [-0.3, -0.25) is 0 Å². The third kappa shape index (κ3) is 2.70. The maximum Gasteiger partial charge on any atom is 0.118 e. The molecule has 90 valence electrons. The number of hydrogen-bond acceptors (Lipinski definition) is 3. The Bertz CT molecular complexity index is 505. The van der Waals surface area contributed by atoms with Gasteiger partial charge >= 0.3 is 0 Å². The molecule has 1 unspecified atom stereocenters. The fourth-order valence-corrected chi connectivity index (χ4v) is 3.44. The summed E-state index contributed by atoms with van der Waals surface area (Å²) in [5.74, 6) is 0.796. The molecule has 0 bridgehead atoms. The number of aryl methyl sites for hydroxylation is 1. The molecule has 4 heteroatoms. The first kappa shape index (κ1) is 12.6. The number of aliphatic hydroxyl groups excluding tert-OH is 1. The highest BCUT2D eigenvalue weighted by Gasteiger charge is 2.15. The molecule has 1 heterocycles. The largest absolute Gasteiger partial charge is 0.497 e. The van der Waals surface area contributed by atoms with Crippen molar-refractivity contribution in [3.8, 4) is 5.75 Å². The minimum Gasteiger partial charge on any atom is -0.497 e. The van der Waals surface area contributed by atoms with Crippen LogP contribution in [0.4, 0.5) is 0 Å². The van der Waals surface area contributed by atoms with Crippen LogP contribution in [0.2, 0.25) is 0 Å². The summed E-state index contributed by atoms with van der Waals surface area (Å²) in [5.41, 5.74) is 1.83.